The van der Waals surface area contributed by atoms with Gasteiger partial charge in [0.25, 0.3) is 0 Å². The predicted octanol–water partition coefficient (Wildman–Crippen LogP) is 3.53. The van der Waals surface area contributed by atoms with Crippen molar-refractivity contribution in [2.24, 2.45) is 0 Å². The van der Waals surface area contributed by atoms with E-state index in [2.05, 4.69) is 15.4 Å². The van der Waals surface area contributed by atoms with Crippen LogP contribution in [0, 0.1) is 0 Å². The van der Waals surface area contributed by atoms with E-state index in [0.717, 1.165) is 30.2 Å². The lowest BCUT2D eigenvalue weighted by Crippen LogP contribution is -2.61. The maximum absolute atomic E-state index is 13.3. The molecule has 5 heterocycles. The van der Waals surface area contributed by atoms with Gasteiger partial charge in [0.15, 0.2) is 0 Å². The normalized spacial score (nSPS) is 22.5. The number of halogens is 3. The maximum Gasteiger partial charge on any atom is 0.419 e. The van der Waals surface area contributed by atoms with Gasteiger partial charge in [-0.3, -0.25) is 4.68 Å². The van der Waals surface area contributed by atoms with Crippen molar-refractivity contribution < 1.29 is 22.7 Å². The largest absolute Gasteiger partial charge is 0.419 e. The van der Waals surface area contributed by atoms with Crippen molar-refractivity contribution in [3.05, 3.63) is 65.5 Å². The van der Waals surface area contributed by atoms with Crippen LogP contribution in [0.1, 0.15) is 29.7 Å². The van der Waals surface area contributed by atoms with E-state index < -0.39 is 23.1 Å². The van der Waals surface area contributed by atoms with E-state index in [-0.39, 0.29) is 17.0 Å². The smallest absolute Gasteiger partial charge is 0.383 e. The molecule has 6 rings (SSSR count). The average molecular weight is 499 g/mol. The number of aromatic nitrogens is 3. The first kappa shape index (κ1) is 22.8. The van der Waals surface area contributed by atoms with Crippen LogP contribution in [0.4, 0.5) is 23.8 Å². The summed E-state index contributed by atoms with van der Waals surface area (Å²) in [6.45, 7) is 2.59. The summed E-state index contributed by atoms with van der Waals surface area (Å²) < 4.78 is 47.3. The number of ether oxygens (including phenoxy) is 1. The summed E-state index contributed by atoms with van der Waals surface area (Å²) >= 11 is 0. The number of carbonyl (C=O) groups is 1. The lowest BCUT2D eigenvalue weighted by atomic mass is 9.82. The van der Waals surface area contributed by atoms with Crippen molar-refractivity contribution in [3.63, 3.8) is 0 Å². The Hall–Kier alpha value is -3.60. The highest BCUT2D eigenvalue weighted by Crippen LogP contribution is 2.44. The van der Waals surface area contributed by atoms with Crippen molar-refractivity contribution in [2.45, 2.75) is 36.5 Å². The molecule has 1 unspecified atom stereocenters. The molecule has 1 atom stereocenters. The number of carbonyl (C=O) groups excluding carboxylic acids is 1. The minimum atomic E-state index is -4.60. The number of likely N-dealkylation sites (tertiary alicyclic amines) is 1. The Morgan fingerprint density at radius 3 is 2.56 bits per heavy atom. The van der Waals surface area contributed by atoms with Crippen LogP contribution in [0.5, 0.6) is 0 Å². The Morgan fingerprint density at radius 1 is 1.11 bits per heavy atom. The number of nitrogen functional groups attached to an aromatic ring is 1. The number of fused-ring (bicyclic) bond motifs is 2. The summed E-state index contributed by atoms with van der Waals surface area (Å²) in [6.07, 6.45) is -1.71. The van der Waals surface area contributed by atoms with Crippen LogP contribution >= 0.6 is 0 Å². The third kappa shape index (κ3) is 3.60. The molecule has 3 aromatic rings. The predicted molar refractivity (Wildman–Crippen MR) is 125 cm³/mol. The fraction of sp³-hybridized carbons (Fsp3) is 0.400. The lowest BCUT2D eigenvalue weighted by Gasteiger charge is -2.43. The van der Waals surface area contributed by atoms with Crippen molar-refractivity contribution >= 4 is 11.8 Å². The van der Waals surface area contributed by atoms with E-state index in [1.807, 2.05) is 46.0 Å². The fourth-order valence-corrected chi connectivity index (χ4v) is 5.56. The van der Waals surface area contributed by atoms with Crippen molar-refractivity contribution in [2.75, 3.05) is 32.0 Å². The van der Waals surface area contributed by atoms with E-state index >= 15 is 0 Å². The Kier molecular flexibility index (Phi) is 5.05. The Balaban J connectivity index is 1.22. The Bertz CT molecular complexity index is 1320. The molecule has 0 aliphatic carbocycles. The van der Waals surface area contributed by atoms with Crippen molar-refractivity contribution in [3.8, 4) is 11.3 Å². The van der Waals surface area contributed by atoms with Gasteiger partial charge < -0.3 is 20.7 Å². The number of benzene rings is 1. The molecule has 2 saturated heterocycles. The molecule has 0 bridgehead atoms. The number of alkyl halides is 3. The number of rotatable bonds is 3. The van der Waals surface area contributed by atoms with Crippen LogP contribution in [-0.4, -0.2) is 52.0 Å². The van der Waals surface area contributed by atoms with Crippen LogP contribution in [0.25, 0.3) is 11.3 Å². The van der Waals surface area contributed by atoms with Crippen molar-refractivity contribution in [1.82, 2.24) is 25.0 Å². The van der Waals surface area contributed by atoms with Gasteiger partial charge >= 0.3 is 12.2 Å². The number of hydrogen-bond donors (Lipinski definition) is 2. The van der Waals surface area contributed by atoms with E-state index in [9.17, 15) is 18.0 Å². The number of anilines is 1. The second-order valence-corrected chi connectivity index (χ2v) is 9.87. The number of aryl methyl sites for hydroxylation is 1. The van der Waals surface area contributed by atoms with Crippen LogP contribution in [0.2, 0.25) is 0 Å². The molecule has 1 spiro atoms. The summed E-state index contributed by atoms with van der Waals surface area (Å²) in [5.74, 6) is -0.558. The van der Waals surface area contributed by atoms with Crippen LogP contribution < -0.4 is 11.1 Å². The minimum Gasteiger partial charge on any atom is -0.383 e. The van der Waals surface area contributed by atoms with Gasteiger partial charge in [0.2, 0.25) is 0 Å². The SMILES string of the molecule is Nc1ncc(-c2cc3n(n2)CCC32CCN(C(=O)NC3(c4ccccc4)COC3)C2)cc1C(F)(F)F. The first-order chi connectivity index (χ1) is 17.2. The van der Waals surface area contributed by atoms with Gasteiger partial charge in [0.1, 0.15) is 11.4 Å². The summed E-state index contributed by atoms with van der Waals surface area (Å²) in [5.41, 5.74) is 6.28. The average Bonchev–Trinajstić information content (AvgIpc) is 3.53. The number of nitrogens with two attached hydrogens (primary N) is 1. The lowest BCUT2D eigenvalue weighted by molar-refractivity contribution is -0.137. The monoisotopic (exact) mass is 498 g/mol. The Morgan fingerprint density at radius 2 is 1.86 bits per heavy atom. The molecule has 3 aliphatic heterocycles. The second kappa shape index (κ2) is 7.95. The number of urea groups is 1. The molecule has 188 valence electrons. The molecule has 8 nitrogen and oxygen atoms in total. The molecule has 3 aliphatic rings. The maximum atomic E-state index is 13.3. The standard InChI is InChI=1S/C25H25F3N6O2/c26-25(27,28)18-10-16(12-30-21(18)29)19-11-20-23(7-9-34(20)32-19)6-8-33(13-23)22(35)31-24(14-36-15-24)17-4-2-1-3-5-17/h1-5,10-12H,6-9,13-15H2,(H2,29,30)(H,31,35). The third-order valence-corrected chi connectivity index (χ3v) is 7.66. The van der Waals surface area contributed by atoms with E-state index in [0.29, 0.717) is 38.5 Å². The van der Waals surface area contributed by atoms with E-state index in [1.54, 1.807) is 0 Å². The van der Waals surface area contributed by atoms with E-state index in [4.69, 9.17) is 10.5 Å². The highest BCUT2D eigenvalue weighted by Gasteiger charge is 2.49. The topological polar surface area (TPSA) is 98.3 Å². The number of nitrogens with zero attached hydrogens (tertiary/aromatic N) is 4. The number of hydrogen-bond acceptors (Lipinski definition) is 5. The molecule has 0 radical (unpaired) electrons. The summed E-state index contributed by atoms with van der Waals surface area (Å²) in [4.78, 5) is 18.8. The first-order valence-corrected chi connectivity index (χ1v) is 11.8. The third-order valence-electron chi connectivity index (χ3n) is 7.66. The fourth-order valence-electron chi connectivity index (χ4n) is 5.56. The van der Waals surface area contributed by atoms with Crippen molar-refractivity contribution in [1.29, 1.82) is 0 Å². The second-order valence-electron chi connectivity index (χ2n) is 9.87. The van der Waals surface area contributed by atoms with Gasteiger partial charge in [-0.2, -0.15) is 18.3 Å². The molecular weight excluding hydrogens is 473 g/mol. The molecule has 0 saturated carbocycles. The number of nitrogens with one attached hydrogen (secondary N) is 1. The Labute approximate surface area is 205 Å². The van der Waals surface area contributed by atoms with Gasteiger partial charge in [-0.1, -0.05) is 30.3 Å². The van der Waals surface area contributed by atoms with Gasteiger partial charge in [-0.15, -0.1) is 0 Å². The zero-order valence-electron chi connectivity index (χ0n) is 19.4. The molecular formula is C25H25F3N6O2. The van der Waals surface area contributed by atoms with Crippen LogP contribution in [0.3, 0.4) is 0 Å². The quantitative estimate of drug-likeness (QED) is 0.576. The minimum absolute atomic E-state index is 0.144. The summed E-state index contributed by atoms with van der Waals surface area (Å²) in [7, 11) is 0. The summed E-state index contributed by atoms with van der Waals surface area (Å²) in [5, 5.41) is 7.75. The van der Waals surface area contributed by atoms with Gasteiger partial charge in [-0.25, -0.2) is 9.78 Å². The highest BCUT2D eigenvalue weighted by molar-refractivity contribution is 5.76. The molecule has 36 heavy (non-hydrogen) atoms. The van der Waals surface area contributed by atoms with Gasteiger partial charge in [-0.05, 0) is 30.5 Å². The number of pyridine rings is 1. The molecule has 3 N–H and O–H groups in total. The zero-order chi connectivity index (χ0) is 25.1. The molecule has 11 heteroatoms. The molecule has 2 aromatic heterocycles. The first-order valence-electron chi connectivity index (χ1n) is 11.8. The van der Waals surface area contributed by atoms with Gasteiger partial charge in [0.05, 0.1) is 24.5 Å². The van der Waals surface area contributed by atoms with Gasteiger partial charge in [0, 0.05) is 42.5 Å². The molecule has 1 aromatic carbocycles. The van der Waals surface area contributed by atoms with E-state index in [1.165, 1.54) is 6.20 Å². The van der Waals surface area contributed by atoms with Crippen LogP contribution in [-0.2, 0) is 28.4 Å². The highest BCUT2D eigenvalue weighted by atomic mass is 19.4. The van der Waals surface area contributed by atoms with Crippen LogP contribution in [0.15, 0.2) is 48.7 Å². The summed E-state index contributed by atoms with van der Waals surface area (Å²) in [6, 6.07) is 12.5. The number of amides is 2. The molecule has 2 amide bonds. The zero-order valence-corrected chi connectivity index (χ0v) is 19.4. The molecule has 2 fully saturated rings.